The minimum absolute atomic E-state index is 0.481. The second-order valence-corrected chi connectivity index (χ2v) is 4.55. The maximum atomic E-state index is 5.51. The van der Waals surface area contributed by atoms with Crippen molar-refractivity contribution < 1.29 is 4.74 Å². The molecular weight excluding hydrogens is 200 g/mol. The highest BCUT2D eigenvalue weighted by Crippen LogP contribution is 2.24. The summed E-state index contributed by atoms with van der Waals surface area (Å²) >= 11 is 0. The second kappa shape index (κ2) is 3.91. The molecule has 0 aliphatic carbocycles. The highest BCUT2D eigenvalue weighted by Gasteiger charge is 2.18. The molecule has 1 atom stereocenters. The number of rotatable bonds is 1. The van der Waals surface area contributed by atoms with Crippen molar-refractivity contribution in [3.8, 4) is 0 Å². The largest absolute Gasteiger partial charge is 0.381 e. The zero-order chi connectivity index (χ0) is 11.0. The Balaban J connectivity index is 1.97. The van der Waals surface area contributed by atoms with Crippen LogP contribution in [0.25, 0.3) is 5.65 Å². The summed E-state index contributed by atoms with van der Waals surface area (Å²) in [5.74, 6) is 0.481. The van der Waals surface area contributed by atoms with Crippen molar-refractivity contribution in [3.63, 3.8) is 0 Å². The van der Waals surface area contributed by atoms with Gasteiger partial charge >= 0.3 is 0 Å². The lowest BCUT2D eigenvalue weighted by Gasteiger charge is -2.19. The fraction of sp³-hybridized carbons (Fsp3) is 0.462. The third-order valence-corrected chi connectivity index (χ3v) is 3.21. The summed E-state index contributed by atoms with van der Waals surface area (Å²) in [4.78, 5) is 4.68. The Bertz CT molecular complexity index is 498. The number of imidazole rings is 1. The van der Waals surface area contributed by atoms with Gasteiger partial charge in [0.15, 0.2) is 0 Å². The van der Waals surface area contributed by atoms with Gasteiger partial charge in [-0.1, -0.05) is 0 Å². The molecule has 0 N–H and O–H groups in total. The SMILES string of the molecule is Cc1ccn2cc(C3CCCOC3)nc2c1. The molecule has 3 heterocycles. The van der Waals surface area contributed by atoms with Gasteiger partial charge in [-0.3, -0.25) is 0 Å². The van der Waals surface area contributed by atoms with Crippen LogP contribution in [0.5, 0.6) is 0 Å². The fourth-order valence-electron chi connectivity index (χ4n) is 2.27. The van der Waals surface area contributed by atoms with Crippen LogP contribution in [0.2, 0.25) is 0 Å². The fourth-order valence-corrected chi connectivity index (χ4v) is 2.27. The first kappa shape index (κ1) is 9.85. The summed E-state index contributed by atoms with van der Waals surface area (Å²) in [6.07, 6.45) is 6.55. The molecule has 1 fully saturated rings. The lowest BCUT2D eigenvalue weighted by molar-refractivity contribution is 0.0794. The molecule has 1 aliphatic heterocycles. The average molecular weight is 216 g/mol. The van der Waals surface area contributed by atoms with Crippen molar-refractivity contribution in [2.45, 2.75) is 25.7 Å². The van der Waals surface area contributed by atoms with Crippen LogP contribution in [0.4, 0.5) is 0 Å². The molecule has 0 bridgehead atoms. The molecule has 1 aliphatic rings. The van der Waals surface area contributed by atoms with Crippen molar-refractivity contribution in [2.24, 2.45) is 0 Å². The summed E-state index contributed by atoms with van der Waals surface area (Å²) in [6.45, 7) is 3.82. The molecule has 3 nitrogen and oxygen atoms in total. The van der Waals surface area contributed by atoms with Gasteiger partial charge in [0.1, 0.15) is 5.65 Å². The second-order valence-electron chi connectivity index (χ2n) is 4.55. The lowest BCUT2D eigenvalue weighted by atomic mass is 9.99. The first-order valence-electron chi connectivity index (χ1n) is 5.86. The standard InChI is InChI=1S/C13H16N2O/c1-10-4-5-15-8-12(14-13(15)7-10)11-3-2-6-16-9-11/h4-5,7-8,11H,2-3,6,9H2,1H3. The molecule has 2 aromatic heterocycles. The number of hydrogen-bond donors (Lipinski definition) is 0. The molecule has 0 amide bonds. The van der Waals surface area contributed by atoms with E-state index in [4.69, 9.17) is 4.74 Å². The Hall–Kier alpha value is -1.35. The van der Waals surface area contributed by atoms with Gasteiger partial charge in [0.05, 0.1) is 12.3 Å². The Morgan fingerprint density at radius 3 is 3.25 bits per heavy atom. The molecule has 0 aromatic carbocycles. The molecule has 1 saturated heterocycles. The number of nitrogens with zero attached hydrogens (tertiary/aromatic N) is 2. The molecule has 3 heteroatoms. The molecule has 3 rings (SSSR count). The van der Waals surface area contributed by atoms with Crippen LogP contribution in [-0.2, 0) is 4.74 Å². The van der Waals surface area contributed by atoms with Crippen LogP contribution in [0.15, 0.2) is 24.5 Å². The molecule has 0 spiro atoms. The van der Waals surface area contributed by atoms with Gasteiger partial charge in [-0.25, -0.2) is 4.98 Å². The van der Waals surface area contributed by atoms with Gasteiger partial charge in [0.2, 0.25) is 0 Å². The Morgan fingerprint density at radius 1 is 1.50 bits per heavy atom. The van der Waals surface area contributed by atoms with Gasteiger partial charge < -0.3 is 9.14 Å². The van der Waals surface area contributed by atoms with Gasteiger partial charge in [-0.05, 0) is 37.5 Å². The maximum absolute atomic E-state index is 5.51. The summed E-state index contributed by atoms with van der Waals surface area (Å²) in [6, 6.07) is 4.23. The van der Waals surface area contributed by atoms with Gasteiger partial charge in [0, 0.05) is 24.9 Å². The summed E-state index contributed by atoms with van der Waals surface area (Å²) in [7, 11) is 0. The molecule has 1 unspecified atom stereocenters. The van der Waals surface area contributed by atoms with E-state index in [1.54, 1.807) is 0 Å². The van der Waals surface area contributed by atoms with Gasteiger partial charge in [0.25, 0.3) is 0 Å². The van der Waals surface area contributed by atoms with Crippen molar-refractivity contribution in [2.75, 3.05) is 13.2 Å². The van der Waals surface area contributed by atoms with Crippen molar-refractivity contribution >= 4 is 5.65 Å². The number of aromatic nitrogens is 2. The predicted molar refractivity (Wildman–Crippen MR) is 62.7 cm³/mol. The predicted octanol–water partition coefficient (Wildman–Crippen LogP) is 2.54. The van der Waals surface area contributed by atoms with Crippen LogP contribution < -0.4 is 0 Å². The van der Waals surface area contributed by atoms with Crippen molar-refractivity contribution in [1.29, 1.82) is 0 Å². The van der Waals surface area contributed by atoms with Crippen LogP contribution in [0.1, 0.15) is 30.0 Å². The smallest absolute Gasteiger partial charge is 0.137 e. The van der Waals surface area contributed by atoms with E-state index in [0.717, 1.165) is 25.3 Å². The average Bonchev–Trinajstić information content (AvgIpc) is 2.73. The Labute approximate surface area is 95.1 Å². The number of hydrogen-bond acceptors (Lipinski definition) is 2. The summed E-state index contributed by atoms with van der Waals surface area (Å²) < 4.78 is 7.60. The van der Waals surface area contributed by atoms with E-state index in [2.05, 4.69) is 40.8 Å². The molecule has 2 aromatic rings. The molecule has 0 saturated carbocycles. The van der Waals surface area contributed by atoms with E-state index in [9.17, 15) is 0 Å². The summed E-state index contributed by atoms with van der Waals surface area (Å²) in [5.41, 5.74) is 3.47. The molecular formula is C13H16N2O. The number of aryl methyl sites for hydroxylation is 1. The monoisotopic (exact) mass is 216 g/mol. The van der Waals surface area contributed by atoms with E-state index in [1.165, 1.54) is 17.7 Å². The highest BCUT2D eigenvalue weighted by atomic mass is 16.5. The van der Waals surface area contributed by atoms with E-state index in [-0.39, 0.29) is 0 Å². The Morgan fingerprint density at radius 2 is 2.44 bits per heavy atom. The third kappa shape index (κ3) is 1.71. The van der Waals surface area contributed by atoms with Gasteiger partial charge in [-0.15, -0.1) is 0 Å². The van der Waals surface area contributed by atoms with Gasteiger partial charge in [-0.2, -0.15) is 0 Å². The van der Waals surface area contributed by atoms with Crippen molar-refractivity contribution in [1.82, 2.24) is 9.38 Å². The topological polar surface area (TPSA) is 26.5 Å². The summed E-state index contributed by atoms with van der Waals surface area (Å²) in [5, 5.41) is 0. The minimum atomic E-state index is 0.481. The molecule has 16 heavy (non-hydrogen) atoms. The van der Waals surface area contributed by atoms with Crippen molar-refractivity contribution in [3.05, 3.63) is 35.8 Å². The number of pyridine rings is 1. The van der Waals surface area contributed by atoms with E-state index >= 15 is 0 Å². The normalized spacial score (nSPS) is 21.4. The van der Waals surface area contributed by atoms with Crippen LogP contribution >= 0.6 is 0 Å². The maximum Gasteiger partial charge on any atom is 0.137 e. The highest BCUT2D eigenvalue weighted by molar-refractivity contribution is 5.43. The van der Waals surface area contributed by atoms with E-state index in [0.29, 0.717) is 5.92 Å². The number of ether oxygens (including phenoxy) is 1. The number of fused-ring (bicyclic) bond motifs is 1. The quantitative estimate of drug-likeness (QED) is 0.732. The van der Waals surface area contributed by atoms with Crippen LogP contribution in [-0.4, -0.2) is 22.6 Å². The van der Waals surface area contributed by atoms with E-state index in [1.807, 2.05) is 0 Å². The first-order valence-corrected chi connectivity index (χ1v) is 5.86. The molecule has 0 radical (unpaired) electrons. The van der Waals surface area contributed by atoms with E-state index < -0.39 is 0 Å². The van der Waals surface area contributed by atoms with Crippen LogP contribution in [0.3, 0.4) is 0 Å². The zero-order valence-corrected chi connectivity index (χ0v) is 9.52. The van der Waals surface area contributed by atoms with Crippen LogP contribution in [0, 0.1) is 6.92 Å². The molecule has 84 valence electrons. The minimum Gasteiger partial charge on any atom is -0.381 e. The Kier molecular flexibility index (Phi) is 2.40. The zero-order valence-electron chi connectivity index (χ0n) is 9.52. The third-order valence-electron chi connectivity index (χ3n) is 3.21. The lowest BCUT2D eigenvalue weighted by Crippen LogP contribution is -2.15. The first-order chi connectivity index (χ1) is 7.83.